The van der Waals surface area contributed by atoms with E-state index >= 15 is 0 Å². The topological polar surface area (TPSA) is 37.7 Å². The predicted octanol–water partition coefficient (Wildman–Crippen LogP) is 5.54. The SMILES string of the molecule is C=C1COc2cc3cc(CN(C)Cc4ccccc4C(F)(F)F)c(=O)n(CCN4CCCCC4)c3cc21. The van der Waals surface area contributed by atoms with Gasteiger partial charge in [-0.1, -0.05) is 31.2 Å². The third-order valence-corrected chi connectivity index (χ3v) is 7.34. The second-order valence-electron chi connectivity index (χ2n) is 10.2. The Morgan fingerprint density at radius 2 is 1.73 bits per heavy atom. The second-order valence-corrected chi connectivity index (χ2v) is 10.2. The van der Waals surface area contributed by atoms with Gasteiger partial charge in [0.1, 0.15) is 12.4 Å². The molecule has 0 N–H and O–H groups in total. The molecule has 37 heavy (non-hydrogen) atoms. The van der Waals surface area contributed by atoms with Crippen molar-refractivity contribution >= 4 is 16.5 Å². The van der Waals surface area contributed by atoms with E-state index in [-0.39, 0.29) is 24.2 Å². The zero-order chi connectivity index (χ0) is 26.2. The van der Waals surface area contributed by atoms with E-state index in [1.807, 2.05) is 22.8 Å². The van der Waals surface area contributed by atoms with Gasteiger partial charge >= 0.3 is 6.18 Å². The lowest BCUT2D eigenvalue weighted by atomic mass is 10.0. The quantitative estimate of drug-likeness (QED) is 0.417. The number of fused-ring (bicyclic) bond motifs is 2. The van der Waals surface area contributed by atoms with Gasteiger partial charge in [0.2, 0.25) is 0 Å². The number of benzene rings is 2. The number of nitrogens with zero attached hydrogens (tertiary/aromatic N) is 3. The minimum Gasteiger partial charge on any atom is -0.488 e. The molecule has 5 rings (SSSR count). The van der Waals surface area contributed by atoms with Crippen LogP contribution in [-0.4, -0.2) is 47.7 Å². The monoisotopic (exact) mass is 511 g/mol. The maximum atomic E-state index is 13.7. The first-order chi connectivity index (χ1) is 17.7. The first-order valence-corrected chi connectivity index (χ1v) is 12.8. The summed E-state index contributed by atoms with van der Waals surface area (Å²) in [7, 11) is 1.74. The minimum absolute atomic E-state index is 0.0774. The third kappa shape index (κ3) is 5.45. The van der Waals surface area contributed by atoms with Crippen LogP contribution in [0.4, 0.5) is 13.2 Å². The highest BCUT2D eigenvalue weighted by molar-refractivity contribution is 5.88. The van der Waals surface area contributed by atoms with Crippen molar-refractivity contribution in [3.05, 3.63) is 81.7 Å². The van der Waals surface area contributed by atoms with Crippen molar-refractivity contribution < 1.29 is 17.9 Å². The van der Waals surface area contributed by atoms with Gasteiger partial charge in [0.15, 0.2) is 0 Å². The molecule has 5 nitrogen and oxygen atoms in total. The first-order valence-electron chi connectivity index (χ1n) is 12.8. The van der Waals surface area contributed by atoms with Gasteiger partial charge in [-0.2, -0.15) is 13.2 Å². The van der Waals surface area contributed by atoms with Crippen molar-refractivity contribution in [2.75, 3.05) is 33.3 Å². The van der Waals surface area contributed by atoms with Gasteiger partial charge < -0.3 is 14.2 Å². The van der Waals surface area contributed by atoms with E-state index in [1.165, 1.54) is 31.4 Å². The lowest BCUT2D eigenvalue weighted by molar-refractivity contribution is -0.138. The van der Waals surface area contributed by atoms with Crippen LogP contribution in [-0.2, 0) is 25.8 Å². The Labute approximate surface area is 214 Å². The van der Waals surface area contributed by atoms with E-state index in [9.17, 15) is 18.0 Å². The van der Waals surface area contributed by atoms with Crippen LogP contribution in [0.25, 0.3) is 16.5 Å². The van der Waals surface area contributed by atoms with Gasteiger partial charge in [0, 0.05) is 42.7 Å². The summed E-state index contributed by atoms with van der Waals surface area (Å²) in [5.41, 5.74) is 2.63. The van der Waals surface area contributed by atoms with E-state index in [2.05, 4.69) is 11.5 Å². The van der Waals surface area contributed by atoms with Crippen LogP contribution in [0.15, 0.2) is 53.8 Å². The number of halogens is 3. The van der Waals surface area contributed by atoms with E-state index in [4.69, 9.17) is 4.74 Å². The van der Waals surface area contributed by atoms with Crippen LogP contribution in [0, 0.1) is 0 Å². The van der Waals surface area contributed by atoms with Gasteiger partial charge in [0.25, 0.3) is 5.56 Å². The molecule has 1 saturated heterocycles. The molecular formula is C29H32F3N3O2. The number of hydrogen-bond acceptors (Lipinski definition) is 4. The first kappa shape index (κ1) is 25.5. The molecule has 2 aliphatic heterocycles. The molecule has 3 heterocycles. The Balaban J connectivity index is 1.47. The molecular weight excluding hydrogens is 479 g/mol. The van der Waals surface area contributed by atoms with Gasteiger partial charge in [-0.15, -0.1) is 0 Å². The molecule has 0 aliphatic carbocycles. The summed E-state index contributed by atoms with van der Waals surface area (Å²) >= 11 is 0. The van der Waals surface area contributed by atoms with E-state index in [0.29, 0.717) is 18.7 Å². The number of alkyl halides is 3. The van der Waals surface area contributed by atoms with Crippen LogP contribution in [0.2, 0.25) is 0 Å². The molecule has 0 unspecified atom stereocenters. The van der Waals surface area contributed by atoms with Gasteiger partial charge in [0.05, 0.1) is 11.1 Å². The largest absolute Gasteiger partial charge is 0.488 e. The summed E-state index contributed by atoms with van der Waals surface area (Å²) in [5, 5.41) is 0.880. The van der Waals surface area contributed by atoms with E-state index in [0.717, 1.165) is 53.5 Å². The standard InChI is InChI=1S/C29H32F3N3O2/c1-20-19-37-27-15-22-14-23(18-33(2)17-21-8-4-5-9-25(21)29(30,31)32)28(36)35(26(22)16-24(20)27)13-12-34-10-6-3-7-11-34/h4-5,8-9,14-16H,1,3,6-7,10-13,17-19H2,2H3. The third-order valence-electron chi connectivity index (χ3n) is 7.34. The van der Waals surface area contributed by atoms with Crippen molar-refractivity contribution in [2.45, 2.75) is 45.1 Å². The van der Waals surface area contributed by atoms with Crippen molar-refractivity contribution in [1.82, 2.24) is 14.4 Å². The normalized spacial score (nSPS) is 16.4. The summed E-state index contributed by atoms with van der Waals surface area (Å²) in [6, 6.07) is 11.4. The predicted molar refractivity (Wildman–Crippen MR) is 140 cm³/mol. The van der Waals surface area contributed by atoms with Crippen LogP contribution >= 0.6 is 0 Å². The molecule has 2 aliphatic rings. The highest BCUT2D eigenvalue weighted by Crippen LogP contribution is 2.36. The average Bonchev–Trinajstić information content (AvgIpc) is 3.22. The Morgan fingerprint density at radius 1 is 1.00 bits per heavy atom. The minimum atomic E-state index is -4.42. The van der Waals surface area contributed by atoms with Crippen molar-refractivity contribution in [2.24, 2.45) is 0 Å². The molecule has 196 valence electrons. The van der Waals surface area contributed by atoms with Crippen molar-refractivity contribution in [1.29, 1.82) is 0 Å². The molecule has 0 saturated carbocycles. The summed E-state index contributed by atoms with van der Waals surface area (Å²) < 4.78 is 48.1. The fourth-order valence-electron chi connectivity index (χ4n) is 5.44. The van der Waals surface area contributed by atoms with Crippen LogP contribution < -0.4 is 10.3 Å². The average molecular weight is 512 g/mol. The van der Waals surface area contributed by atoms with Gasteiger partial charge in [-0.25, -0.2) is 0 Å². The highest BCUT2D eigenvalue weighted by Gasteiger charge is 2.33. The Kier molecular flexibility index (Phi) is 7.14. The number of ether oxygens (including phenoxy) is 1. The zero-order valence-electron chi connectivity index (χ0n) is 21.1. The highest BCUT2D eigenvalue weighted by atomic mass is 19.4. The maximum absolute atomic E-state index is 13.7. The molecule has 2 aromatic carbocycles. The molecule has 0 spiro atoms. The molecule has 0 radical (unpaired) electrons. The van der Waals surface area contributed by atoms with E-state index < -0.39 is 11.7 Å². The number of hydrogen-bond donors (Lipinski definition) is 0. The summed E-state index contributed by atoms with van der Waals surface area (Å²) in [6.45, 7) is 8.23. The number of piperidine rings is 1. The van der Waals surface area contributed by atoms with Gasteiger partial charge in [-0.05, 0) is 68.4 Å². The fourth-order valence-corrected chi connectivity index (χ4v) is 5.44. The van der Waals surface area contributed by atoms with E-state index in [1.54, 1.807) is 18.0 Å². The second kappa shape index (κ2) is 10.3. The molecule has 0 amide bonds. The smallest absolute Gasteiger partial charge is 0.416 e. The molecule has 0 bridgehead atoms. The Morgan fingerprint density at radius 3 is 2.49 bits per heavy atom. The summed E-state index contributed by atoms with van der Waals surface area (Å²) in [5.74, 6) is 0.747. The molecule has 0 atom stereocenters. The number of pyridine rings is 1. The number of likely N-dealkylation sites (tertiary alicyclic amines) is 1. The maximum Gasteiger partial charge on any atom is 0.416 e. The van der Waals surface area contributed by atoms with Gasteiger partial charge in [-0.3, -0.25) is 9.69 Å². The van der Waals surface area contributed by atoms with Crippen LogP contribution in [0.3, 0.4) is 0 Å². The molecule has 1 aromatic heterocycles. The Bertz CT molecular complexity index is 1370. The molecule has 8 heteroatoms. The zero-order valence-corrected chi connectivity index (χ0v) is 21.1. The molecule has 1 fully saturated rings. The van der Waals surface area contributed by atoms with Crippen LogP contribution in [0.1, 0.15) is 41.5 Å². The van der Waals surface area contributed by atoms with Crippen molar-refractivity contribution in [3.8, 4) is 5.75 Å². The lowest BCUT2D eigenvalue weighted by Crippen LogP contribution is -2.36. The number of aromatic nitrogens is 1. The summed E-state index contributed by atoms with van der Waals surface area (Å²) in [6.07, 6.45) is -0.839. The number of rotatable bonds is 7. The van der Waals surface area contributed by atoms with Crippen LogP contribution in [0.5, 0.6) is 5.75 Å². The molecule has 3 aromatic rings. The lowest BCUT2D eigenvalue weighted by Gasteiger charge is -2.27. The van der Waals surface area contributed by atoms with Crippen molar-refractivity contribution in [3.63, 3.8) is 0 Å². The summed E-state index contributed by atoms with van der Waals surface area (Å²) in [4.78, 5) is 17.9. The Hall–Kier alpha value is -3.10. The fraction of sp³-hybridized carbons (Fsp3) is 0.414.